The van der Waals surface area contributed by atoms with Crippen LogP contribution in [-0.2, 0) is 14.8 Å². The Morgan fingerprint density at radius 1 is 1.35 bits per heavy atom. The summed E-state index contributed by atoms with van der Waals surface area (Å²) in [6.45, 7) is 6.37. The fourth-order valence-corrected chi connectivity index (χ4v) is 3.69. The van der Waals surface area contributed by atoms with Crippen LogP contribution in [0.15, 0.2) is 23.1 Å². The summed E-state index contributed by atoms with van der Waals surface area (Å²) in [5.41, 5.74) is 0.854. The third kappa shape index (κ3) is 4.74. The maximum Gasteiger partial charge on any atom is 0.339 e. The molecule has 8 heteroatoms. The van der Waals surface area contributed by atoms with E-state index in [0.717, 1.165) is 31.7 Å². The largest absolute Gasteiger partial charge is 0.465 e. The third-order valence-electron chi connectivity index (χ3n) is 3.76. The van der Waals surface area contributed by atoms with E-state index in [1.54, 1.807) is 13.0 Å². The van der Waals surface area contributed by atoms with Gasteiger partial charge in [0.1, 0.15) is 0 Å². The number of nitrogens with zero attached hydrogens (tertiary/aromatic N) is 1. The second-order valence-corrected chi connectivity index (χ2v) is 7.22. The summed E-state index contributed by atoms with van der Waals surface area (Å²) < 4.78 is 32.2. The quantitative estimate of drug-likeness (QED) is 0.706. The molecule has 1 fully saturated rings. The first-order valence-corrected chi connectivity index (χ1v) is 9.04. The number of aryl methyl sites for hydroxylation is 1. The Balaban J connectivity index is 2.08. The van der Waals surface area contributed by atoms with Crippen molar-refractivity contribution in [1.29, 1.82) is 0 Å². The number of benzene rings is 1. The monoisotopic (exact) mass is 341 g/mol. The van der Waals surface area contributed by atoms with E-state index in [-0.39, 0.29) is 10.5 Å². The van der Waals surface area contributed by atoms with Crippen LogP contribution in [-0.4, -0.2) is 65.7 Å². The maximum absolute atomic E-state index is 12.5. The molecule has 1 aliphatic heterocycles. The molecule has 1 aromatic rings. The number of piperazine rings is 1. The van der Waals surface area contributed by atoms with Crippen LogP contribution in [0.4, 0.5) is 0 Å². The molecule has 23 heavy (non-hydrogen) atoms. The van der Waals surface area contributed by atoms with E-state index >= 15 is 0 Å². The molecular weight excluding hydrogens is 318 g/mol. The Hall–Kier alpha value is -1.48. The fourth-order valence-electron chi connectivity index (χ4n) is 2.50. The van der Waals surface area contributed by atoms with Gasteiger partial charge in [-0.25, -0.2) is 17.9 Å². The van der Waals surface area contributed by atoms with Gasteiger partial charge in [-0.15, -0.1) is 0 Å². The lowest BCUT2D eigenvalue weighted by molar-refractivity contribution is 0.0596. The summed E-state index contributed by atoms with van der Waals surface area (Å²) in [4.78, 5) is 14.0. The Kier molecular flexibility index (Phi) is 6.11. The van der Waals surface area contributed by atoms with E-state index < -0.39 is 16.0 Å². The van der Waals surface area contributed by atoms with Gasteiger partial charge < -0.3 is 10.1 Å². The Labute approximate surface area is 137 Å². The van der Waals surface area contributed by atoms with Crippen molar-refractivity contribution in [3.63, 3.8) is 0 Å². The molecule has 0 aliphatic carbocycles. The normalized spacial score (nSPS) is 16.3. The zero-order valence-electron chi connectivity index (χ0n) is 13.5. The van der Waals surface area contributed by atoms with Gasteiger partial charge in [-0.2, -0.15) is 0 Å². The second-order valence-electron chi connectivity index (χ2n) is 5.48. The number of sulfonamides is 1. The Bertz CT molecular complexity index is 655. The molecule has 0 radical (unpaired) electrons. The number of methoxy groups -OCH3 is 1. The van der Waals surface area contributed by atoms with Crippen LogP contribution in [0, 0.1) is 6.92 Å². The van der Waals surface area contributed by atoms with Crippen molar-refractivity contribution in [1.82, 2.24) is 14.9 Å². The first-order valence-electron chi connectivity index (χ1n) is 7.56. The van der Waals surface area contributed by atoms with E-state index in [9.17, 15) is 13.2 Å². The molecule has 0 unspecified atom stereocenters. The van der Waals surface area contributed by atoms with E-state index in [1.807, 2.05) is 0 Å². The van der Waals surface area contributed by atoms with Gasteiger partial charge in [0.25, 0.3) is 0 Å². The van der Waals surface area contributed by atoms with Crippen LogP contribution < -0.4 is 10.0 Å². The molecule has 0 amide bonds. The molecule has 0 bridgehead atoms. The topological polar surface area (TPSA) is 87.7 Å². The van der Waals surface area contributed by atoms with Gasteiger partial charge in [-0.3, -0.25) is 4.90 Å². The molecule has 0 atom stereocenters. The van der Waals surface area contributed by atoms with Gasteiger partial charge >= 0.3 is 5.97 Å². The lowest BCUT2D eigenvalue weighted by Crippen LogP contribution is -2.46. The van der Waals surface area contributed by atoms with E-state index in [0.29, 0.717) is 13.1 Å². The summed E-state index contributed by atoms with van der Waals surface area (Å²) in [5, 5.41) is 3.25. The third-order valence-corrected chi connectivity index (χ3v) is 5.28. The van der Waals surface area contributed by atoms with Crippen LogP contribution in [0.3, 0.4) is 0 Å². The van der Waals surface area contributed by atoms with Crippen LogP contribution in [0.1, 0.15) is 15.9 Å². The van der Waals surface area contributed by atoms with E-state index in [1.165, 1.54) is 19.2 Å². The number of ether oxygens (including phenoxy) is 1. The number of hydrogen-bond acceptors (Lipinski definition) is 6. The van der Waals surface area contributed by atoms with E-state index in [2.05, 4.69) is 19.7 Å². The van der Waals surface area contributed by atoms with Crippen molar-refractivity contribution in [3.05, 3.63) is 29.3 Å². The summed E-state index contributed by atoms with van der Waals surface area (Å²) in [5.74, 6) is -0.656. The molecule has 1 heterocycles. The second kappa shape index (κ2) is 7.87. The summed E-state index contributed by atoms with van der Waals surface area (Å²) >= 11 is 0. The summed E-state index contributed by atoms with van der Waals surface area (Å²) in [6, 6.07) is 4.63. The Morgan fingerprint density at radius 2 is 2.04 bits per heavy atom. The minimum Gasteiger partial charge on any atom is -0.465 e. The van der Waals surface area contributed by atoms with E-state index in [4.69, 9.17) is 0 Å². The Morgan fingerprint density at radius 3 is 2.70 bits per heavy atom. The molecule has 7 nitrogen and oxygen atoms in total. The molecule has 0 aromatic heterocycles. The van der Waals surface area contributed by atoms with Crippen molar-refractivity contribution in [2.75, 3.05) is 46.4 Å². The van der Waals surface area contributed by atoms with Crippen molar-refractivity contribution >= 4 is 16.0 Å². The molecule has 128 valence electrons. The first-order chi connectivity index (χ1) is 10.9. The standard InChI is InChI=1S/C15H23N3O4S/c1-12-3-4-14(13(11-12)15(19)22-2)23(20,21)17-7-10-18-8-5-16-6-9-18/h3-4,11,16-17H,5-10H2,1-2H3. The van der Waals surface area contributed by atoms with Crippen LogP contribution in [0.5, 0.6) is 0 Å². The molecule has 1 saturated heterocycles. The lowest BCUT2D eigenvalue weighted by atomic mass is 10.1. The molecule has 0 spiro atoms. The maximum atomic E-state index is 12.5. The highest BCUT2D eigenvalue weighted by atomic mass is 32.2. The first kappa shape index (κ1) is 17.9. The van der Waals surface area contributed by atoms with Crippen LogP contribution in [0.25, 0.3) is 0 Å². The minimum absolute atomic E-state index is 0.0461. The molecule has 1 aromatic carbocycles. The zero-order valence-corrected chi connectivity index (χ0v) is 14.3. The zero-order chi connectivity index (χ0) is 16.9. The van der Waals surface area contributed by atoms with Crippen LogP contribution >= 0.6 is 0 Å². The predicted molar refractivity (Wildman–Crippen MR) is 87.0 cm³/mol. The molecule has 2 rings (SSSR count). The lowest BCUT2D eigenvalue weighted by Gasteiger charge is -2.27. The molecule has 1 aliphatic rings. The average molecular weight is 341 g/mol. The number of esters is 1. The molecule has 0 saturated carbocycles. The van der Waals surface area contributed by atoms with Crippen molar-refractivity contribution in [2.45, 2.75) is 11.8 Å². The predicted octanol–water partition coefficient (Wildman–Crippen LogP) is -0.0349. The number of nitrogens with one attached hydrogen (secondary N) is 2. The smallest absolute Gasteiger partial charge is 0.339 e. The van der Waals surface area contributed by atoms with Crippen molar-refractivity contribution < 1.29 is 17.9 Å². The van der Waals surface area contributed by atoms with Crippen LogP contribution in [0.2, 0.25) is 0 Å². The highest BCUT2D eigenvalue weighted by Crippen LogP contribution is 2.18. The summed E-state index contributed by atoms with van der Waals surface area (Å²) in [6.07, 6.45) is 0. The average Bonchev–Trinajstić information content (AvgIpc) is 2.54. The number of carbonyl (C=O) groups is 1. The highest BCUT2D eigenvalue weighted by Gasteiger charge is 2.23. The van der Waals surface area contributed by atoms with Gasteiger partial charge in [0.2, 0.25) is 10.0 Å². The van der Waals surface area contributed by atoms with Gasteiger partial charge in [0.05, 0.1) is 17.6 Å². The molecular formula is C15H23N3O4S. The number of carbonyl (C=O) groups excluding carboxylic acids is 1. The minimum atomic E-state index is -3.76. The molecule has 2 N–H and O–H groups in total. The van der Waals surface area contributed by atoms with Crippen molar-refractivity contribution in [3.8, 4) is 0 Å². The highest BCUT2D eigenvalue weighted by molar-refractivity contribution is 7.89. The SMILES string of the molecule is COC(=O)c1cc(C)ccc1S(=O)(=O)NCCN1CCNCC1. The van der Waals surface area contributed by atoms with Gasteiger partial charge in [0.15, 0.2) is 0 Å². The summed E-state index contributed by atoms with van der Waals surface area (Å²) in [7, 11) is -2.52. The van der Waals surface area contributed by atoms with Gasteiger partial charge in [-0.05, 0) is 19.1 Å². The fraction of sp³-hybridized carbons (Fsp3) is 0.533. The van der Waals surface area contributed by atoms with Gasteiger partial charge in [-0.1, -0.05) is 11.6 Å². The number of hydrogen-bond donors (Lipinski definition) is 2. The van der Waals surface area contributed by atoms with Gasteiger partial charge in [0, 0.05) is 39.3 Å². The van der Waals surface area contributed by atoms with Crippen molar-refractivity contribution in [2.24, 2.45) is 0 Å². The number of rotatable bonds is 6.